The Balaban J connectivity index is 2.61. The van der Waals surface area contributed by atoms with Gasteiger partial charge in [0.1, 0.15) is 5.76 Å². The maximum Gasteiger partial charge on any atom is 0.328 e. The van der Waals surface area contributed by atoms with Crippen LogP contribution in [0.4, 0.5) is 0 Å². The maximum atomic E-state index is 9.49. The van der Waals surface area contributed by atoms with Crippen LogP contribution >= 0.6 is 0 Å². The first-order chi connectivity index (χ1) is 4.93. The van der Waals surface area contributed by atoms with Gasteiger partial charge >= 0.3 is 6.07 Å². The summed E-state index contributed by atoms with van der Waals surface area (Å²) < 4.78 is 4.91. The summed E-state index contributed by atoms with van der Waals surface area (Å²) in [6.45, 7) is 0. The number of furan rings is 1. The largest absolute Gasteiger partial charge is 0.498 e. The minimum absolute atomic E-state index is 0.677. The summed E-state index contributed by atoms with van der Waals surface area (Å²) in [5, 5.41) is 11.9. The predicted octanol–water partition coefficient (Wildman–Crippen LogP) is 2.12. The Labute approximate surface area is 58.0 Å². The van der Waals surface area contributed by atoms with Crippen LogP contribution in [0.25, 0.3) is 11.1 Å². The molecular formula is C7H5NO2. The van der Waals surface area contributed by atoms with Crippen molar-refractivity contribution in [2.24, 2.45) is 0 Å². The first kappa shape index (κ1) is 6.43. The predicted molar refractivity (Wildman–Crippen MR) is 38.4 cm³/mol. The highest BCUT2D eigenvalue weighted by Crippen LogP contribution is 2.00. The second kappa shape index (κ2) is 3.36. The van der Waals surface area contributed by atoms with Crippen LogP contribution in [0.15, 0.2) is 28.9 Å². The SMILES string of the molecule is [O-][N+]#C/C=C/c1ccco1. The second-order valence-corrected chi connectivity index (χ2v) is 1.57. The standard InChI is InChI=1S/C7H5NO2/c9-8-5-1-3-7-4-2-6-10-7/h1-4,6H/b3-1+. The van der Waals surface area contributed by atoms with Crippen molar-refractivity contribution in [1.82, 2.24) is 0 Å². The Morgan fingerprint density at radius 3 is 3.20 bits per heavy atom. The Morgan fingerprint density at radius 2 is 2.60 bits per heavy atom. The molecule has 0 N–H and O–H groups in total. The van der Waals surface area contributed by atoms with Crippen LogP contribution in [0.1, 0.15) is 5.76 Å². The van der Waals surface area contributed by atoms with E-state index in [4.69, 9.17) is 4.42 Å². The monoisotopic (exact) mass is 135 g/mol. The van der Waals surface area contributed by atoms with Crippen molar-refractivity contribution in [3.63, 3.8) is 0 Å². The van der Waals surface area contributed by atoms with E-state index in [-0.39, 0.29) is 0 Å². The van der Waals surface area contributed by atoms with Gasteiger partial charge in [0.25, 0.3) is 0 Å². The first-order valence-corrected chi connectivity index (χ1v) is 2.71. The number of nitrogens with zero attached hydrogens (tertiary/aromatic N) is 1. The van der Waals surface area contributed by atoms with Gasteiger partial charge in [0.15, 0.2) is 0 Å². The minimum Gasteiger partial charge on any atom is -0.498 e. The molecule has 0 bridgehead atoms. The summed E-state index contributed by atoms with van der Waals surface area (Å²) in [5.74, 6) is 0.677. The van der Waals surface area contributed by atoms with Gasteiger partial charge in [-0.1, -0.05) is 0 Å². The summed E-state index contributed by atoms with van der Waals surface area (Å²) in [6.07, 6.45) is 4.54. The van der Waals surface area contributed by atoms with Gasteiger partial charge in [-0.25, -0.2) is 0 Å². The molecule has 0 saturated carbocycles. The van der Waals surface area contributed by atoms with Crippen molar-refractivity contribution in [3.05, 3.63) is 40.4 Å². The molecule has 0 atom stereocenters. The molecule has 1 heterocycles. The topological polar surface area (TPSA) is 40.6 Å². The first-order valence-electron chi connectivity index (χ1n) is 2.71. The normalized spacial score (nSPS) is 9.20. The lowest BCUT2D eigenvalue weighted by molar-refractivity contribution is 0.557. The fourth-order valence-corrected chi connectivity index (χ4v) is 0.536. The molecule has 3 heteroatoms. The van der Waals surface area contributed by atoms with Gasteiger partial charge in [-0.15, -0.1) is 0 Å². The molecule has 0 spiro atoms. The van der Waals surface area contributed by atoms with E-state index in [1.807, 2.05) is 0 Å². The van der Waals surface area contributed by atoms with Crippen molar-refractivity contribution < 1.29 is 4.42 Å². The molecule has 0 aliphatic heterocycles. The molecule has 0 saturated heterocycles. The Morgan fingerprint density at radius 1 is 1.70 bits per heavy atom. The van der Waals surface area contributed by atoms with E-state index < -0.39 is 0 Å². The van der Waals surface area contributed by atoms with E-state index in [0.717, 1.165) is 0 Å². The van der Waals surface area contributed by atoms with Crippen molar-refractivity contribution in [1.29, 1.82) is 0 Å². The van der Waals surface area contributed by atoms with Crippen LogP contribution in [0.3, 0.4) is 0 Å². The van der Waals surface area contributed by atoms with Gasteiger partial charge < -0.3 is 9.62 Å². The summed E-state index contributed by atoms with van der Waals surface area (Å²) in [4.78, 5) is 0. The van der Waals surface area contributed by atoms with Crippen LogP contribution in [-0.4, -0.2) is 0 Å². The number of hydrogen-bond donors (Lipinski definition) is 0. The lowest BCUT2D eigenvalue weighted by Crippen LogP contribution is -1.56. The summed E-state index contributed by atoms with van der Waals surface area (Å²) in [7, 11) is 0. The van der Waals surface area contributed by atoms with Gasteiger partial charge in [0.2, 0.25) is 0 Å². The van der Waals surface area contributed by atoms with Crippen LogP contribution in [0.2, 0.25) is 0 Å². The summed E-state index contributed by atoms with van der Waals surface area (Å²) in [6, 6.07) is 5.64. The molecule has 0 radical (unpaired) electrons. The van der Waals surface area contributed by atoms with Gasteiger partial charge in [0, 0.05) is 5.01 Å². The van der Waals surface area contributed by atoms with E-state index in [1.165, 1.54) is 6.08 Å². The minimum atomic E-state index is 0.677. The van der Waals surface area contributed by atoms with Crippen molar-refractivity contribution in [3.8, 4) is 6.07 Å². The van der Waals surface area contributed by atoms with Gasteiger partial charge in [-0.05, 0) is 18.2 Å². The molecule has 0 fully saturated rings. The molecule has 1 aromatic rings. The second-order valence-electron chi connectivity index (χ2n) is 1.57. The number of allylic oxidation sites excluding steroid dienone is 1. The Bertz CT molecular complexity index is 264. The molecule has 1 rings (SSSR count). The molecule has 10 heavy (non-hydrogen) atoms. The molecular weight excluding hydrogens is 130 g/mol. The van der Waals surface area contributed by atoms with Crippen LogP contribution < -0.4 is 0 Å². The quantitative estimate of drug-likeness (QED) is 0.437. The molecule has 0 aliphatic rings. The van der Waals surface area contributed by atoms with E-state index in [9.17, 15) is 5.21 Å². The molecule has 0 aromatic carbocycles. The lowest BCUT2D eigenvalue weighted by atomic mass is 10.4. The third-order valence-electron chi connectivity index (χ3n) is 0.918. The van der Waals surface area contributed by atoms with E-state index in [0.29, 0.717) is 5.76 Å². The number of rotatable bonds is 1. The van der Waals surface area contributed by atoms with Crippen molar-refractivity contribution in [2.45, 2.75) is 0 Å². The Hall–Kier alpha value is -1.69. The molecule has 0 unspecified atom stereocenters. The average molecular weight is 135 g/mol. The Kier molecular flexibility index (Phi) is 2.16. The van der Waals surface area contributed by atoms with Crippen LogP contribution in [0.5, 0.6) is 0 Å². The van der Waals surface area contributed by atoms with Crippen LogP contribution in [0, 0.1) is 11.3 Å². The fraction of sp³-hybridized carbons (Fsp3) is 0. The third-order valence-corrected chi connectivity index (χ3v) is 0.918. The maximum absolute atomic E-state index is 9.49. The number of hydrogen-bond acceptors (Lipinski definition) is 2. The lowest BCUT2D eigenvalue weighted by Gasteiger charge is -1.74. The summed E-state index contributed by atoms with van der Waals surface area (Å²) >= 11 is 0. The highest BCUT2D eigenvalue weighted by Gasteiger charge is 1.84. The van der Waals surface area contributed by atoms with E-state index >= 15 is 0 Å². The van der Waals surface area contributed by atoms with Crippen molar-refractivity contribution in [2.75, 3.05) is 0 Å². The molecule has 0 amide bonds. The average Bonchev–Trinajstić information content (AvgIpc) is 2.41. The zero-order valence-electron chi connectivity index (χ0n) is 5.15. The molecule has 1 aromatic heterocycles. The highest BCUT2D eigenvalue weighted by atomic mass is 16.4. The molecule has 0 aliphatic carbocycles. The van der Waals surface area contributed by atoms with E-state index in [1.54, 1.807) is 24.5 Å². The van der Waals surface area contributed by atoms with Gasteiger partial charge in [-0.3, -0.25) is 0 Å². The summed E-state index contributed by atoms with van der Waals surface area (Å²) in [5.41, 5.74) is 0. The highest BCUT2D eigenvalue weighted by molar-refractivity contribution is 5.46. The van der Waals surface area contributed by atoms with Crippen molar-refractivity contribution >= 4 is 6.08 Å². The third kappa shape index (κ3) is 1.67. The fourth-order valence-electron chi connectivity index (χ4n) is 0.536. The van der Waals surface area contributed by atoms with Crippen LogP contribution in [-0.2, 0) is 0 Å². The molecule has 50 valence electrons. The zero-order chi connectivity index (χ0) is 7.23. The smallest absolute Gasteiger partial charge is 0.328 e. The van der Waals surface area contributed by atoms with Gasteiger partial charge in [0.05, 0.1) is 12.3 Å². The molecule has 3 nitrogen and oxygen atoms in total. The zero-order valence-corrected chi connectivity index (χ0v) is 5.15. The van der Waals surface area contributed by atoms with Gasteiger partial charge in [-0.2, -0.15) is 0 Å². The van der Waals surface area contributed by atoms with E-state index in [2.05, 4.69) is 11.1 Å².